The summed E-state index contributed by atoms with van der Waals surface area (Å²) in [5.41, 5.74) is 0. The highest BCUT2D eigenvalue weighted by atomic mass is 16.5. The first-order valence-electron chi connectivity index (χ1n) is 7.71. The van der Waals surface area contributed by atoms with Crippen molar-refractivity contribution in [3.05, 3.63) is 0 Å². The predicted octanol–water partition coefficient (Wildman–Crippen LogP) is 2.12. The second-order valence-electron chi connectivity index (χ2n) is 6.25. The molecule has 2 rings (SSSR count). The van der Waals surface area contributed by atoms with E-state index in [1.807, 2.05) is 7.11 Å². The standard InChI is InChI=1S/C15H30N2O/c1-4-16-15-6-5-12(2)9-13(15)10-17-8-7-14(11-17)18-3/h12-16H,4-11H2,1-3H3. The van der Waals surface area contributed by atoms with Crippen molar-refractivity contribution in [2.24, 2.45) is 11.8 Å². The SMILES string of the molecule is CCNC1CCC(C)CC1CN1CCC(OC)C1. The molecule has 1 N–H and O–H groups in total. The zero-order valence-electron chi connectivity index (χ0n) is 12.3. The molecular formula is C15H30N2O. The molecule has 2 fully saturated rings. The second kappa shape index (κ2) is 6.88. The van der Waals surface area contributed by atoms with Gasteiger partial charge < -0.3 is 15.0 Å². The zero-order chi connectivity index (χ0) is 13.0. The third-order valence-electron chi connectivity index (χ3n) is 4.77. The quantitative estimate of drug-likeness (QED) is 0.813. The van der Waals surface area contributed by atoms with Gasteiger partial charge in [-0.3, -0.25) is 0 Å². The van der Waals surface area contributed by atoms with Gasteiger partial charge in [-0.1, -0.05) is 13.8 Å². The summed E-state index contributed by atoms with van der Waals surface area (Å²) in [7, 11) is 1.85. The van der Waals surface area contributed by atoms with Crippen LogP contribution < -0.4 is 5.32 Å². The van der Waals surface area contributed by atoms with Crippen molar-refractivity contribution in [3.63, 3.8) is 0 Å². The first-order chi connectivity index (χ1) is 8.72. The third kappa shape index (κ3) is 3.69. The molecule has 0 amide bonds. The Morgan fingerprint density at radius 2 is 2.11 bits per heavy atom. The van der Waals surface area contributed by atoms with Crippen molar-refractivity contribution in [2.45, 2.75) is 51.7 Å². The van der Waals surface area contributed by atoms with E-state index in [1.54, 1.807) is 0 Å². The van der Waals surface area contributed by atoms with Gasteiger partial charge in [0.05, 0.1) is 6.10 Å². The molecule has 1 aliphatic heterocycles. The predicted molar refractivity (Wildman–Crippen MR) is 75.8 cm³/mol. The van der Waals surface area contributed by atoms with E-state index in [9.17, 15) is 0 Å². The molecule has 0 bridgehead atoms. The highest BCUT2D eigenvalue weighted by Gasteiger charge is 2.31. The number of likely N-dealkylation sites (tertiary alicyclic amines) is 1. The molecule has 1 saturated carbocycles. The van der Waals surface area contributed by atoms with Crippen LogP contribution in [0, 0.1) is 11.8 Å². The van der Waals surface area contributed by atoms with Crippen LogP contribution in [0.3, 0.4) is 0 Å². The summed E-state index contributed by atoms with van der Waals surface area (Å²) >= 11 is 0. The van der Waals surface area contributed by atoms with Gasteiger partial charge in [0.15, 0.2) is 0 Å². The number of rotatable bonds is 5. The topological polar surface area (TPSA) is 24.5 Å². The average Bonchev–Trinajstić information content (AvgIpc) is 2.80. The molecule has 4 unspecified atom stereocenters. The summed E-state index contributed by atoms with van der Waals surface area (Å²) in [6.07, 6.45) is 5.84. The minimum atomic E-state index is 0.476. The summed E-state index contributed by atoms with van der Waals surface area (Å²) in [6.45, 7) is 9.38. The maximum Gasteiger partial charge on any atom is 0.0710 e. The van der Waals surface area contributed by atoms with E-state index in [1.165, 1.54) is 38.8 Å². The van der Waals surface area contributed by atoms with E-state index in [2.05, 4.69) is 24.1 Å². The molecule has 3 heteroatoms. The molecule has 1 heterocycles. The molecule has 2 aliphatic rings. The Hall–Kier alpha value is -0.120. The Balaban J connectivity index is 1.84. The van der Waals surface area contributed by atoms with Crippen LogP contribution in [0.5, 0.6) is 0 Å². The van der Waals surface area contributed by atoms with E-state index < -0.39 is 0 Å². The minimum Gasteiger partial charge on any atom is -0.380 e. The number of nitrogens with one attached hydrogen (secondary N) is 1. The summed E-state index contributed by atoms with van der Waals surface area (Å²) in [6, 6.07) is 0.743. The lowest BCUT2D eigenvalue weighted by atomic mass is 9.78. The zero-order valence-corrected chi connectivity index (χ0v) is 12.3. The Morgan fingerprint density at radius 1 is 1.28 bits per heavy atom. The van der Waals surface area contributed by atoms with Gasteiger partial charge in [0.1, 0.15) is 0 Å². The molecule has 1 saturated heterocycles. The van der Waals surface area contributed by atoms with Crippen molar-refractivity contribution in [1.82, 2.24) is 10.2 Å². The van der Waals surface area contributed by atoms with Crippen LogP contribution in [0.4, 0.5) is 0 Å². The van der Waals surface area contributed by atoms with Gasteiger partial charge in [-0.15, -0.1) is 0 Å². The van der Waals surface area contributed by atoms with Gasteiger partial charge >= 0.3 is 0 Å². The van der Waals surface area contributed by atoms with E-state index in [4.69, 9.17) is 4.74 Å². The van der Waals surface area contributed by atoms with Crippen molar-refractivity contribution in [2.75, 3.05) is 33.3 Å². The molecular weight excluding hydrogens is 224 g/mol. The minimum absolute atomic E-state index is 0.476. The van der Waals surface area contributed by atoms with Crippen LogP contribution in [0.2, 0.25) is 0 Å². The molecule has 1 aliphatic carbocycles. The number of hydrogen-bond acceptors (Lipinski definition) is 3. The normalized spacial score (nSPS) is 38.2. The summed E-state index contributed by atoms with van der Waals surface area (Å²) < 4.78 is 5.47. The largest absolute Gasteiger partial charge is 0.380 e. The van der Waals surface area contributed by atoms with Crippen LogP contribution in [0.25, 0.3) is 0 Å². The summed E-state index contributed by atoms with van der Waals surface area (Å²) in [5, 5.41) is 3.70. The fourth-order valence-electron chi connectivity index (χ4n) is 3.72. The van der Waals surface area contributed by atoms with Crippen LogP contribution in [-0.4, -0.2) is 50.3 Å². The molecule has 0 spiro atoms. The smallest absolute Gasteiger partial charge is 0.0710 e. The van der Waals surface area contributed by atoms with E-state index in [0.29, 0.717) is 6.10 Å². The van der Waals surface area contributed by atoms with Gasteiger partial charge in [0, 0.05) is 32.8 Å². The molecule has 106 valence electrons. The van der Waals surface area contributed by atoms with Gasteiger partial charge in [0.2, 0.25) is 0 Å². The van der Waals surface area contributed by atoms with Crippen LogP contribution in [0.1, 0.15) is 39.5 Å². The van der Waals surface area contributed by atoms with E-state index in [-0.39, 0.29) is 0 Å². The van der Waals surface area contributed by atoms with Gasteiger partial charge in [0.25, 0.3) is 0 Å². The summed E-state index contributed by atoms with van der Waals surface area (Å²) in [5.74, 6) is 1.75. The van der Waals surface area contributed by atoms with Crippen LogP contribution in [0.15, 0.2) is 0 Å². The number of methoxy groups -OCH3 is 1. The first-order valence-corrected chi connectivity index (χ1v) is 7.71. The van der Waals surface area contributed by atoms with E-state index >= 15 is 0 Å². The highest BCUT2D eigenvalue weighted by molar-refractivity contribution is 4.87. The molecule has 0 aromatic carbocycles. The molecule has 18 heavy (non-hydrogen) atoms. The van der Waals surface area contributed by atoms with Gasteiger partial charge in [-0.25, -0.2) is 0 Å². The maximum atomic E-state index is 5.47. The lowest BCUT2D eigenvalue weighted by Crippen LogP contribution is -2.45. The number of hydrogen-bond donors (Lipinski definition) is 1. The molecule has 4 atom stereocenters. The monoisotopic (exact) mass is 254 g/mol. The number of nitrogens with zero attached hydrogens (tertiary/aromatic N) is 1. The first kappa shape index (κ1) is 14.3. The molecule has 0 aromatic heterocycles. The van der Waals surface area contributed by atoms with Crippen molar-refractivity contribution >= 4 is 0 Å². The lowest BCUT2D eigenvalue weighted by molar-refractivity contribution is 0.0988. The number of ether oxygens (including phenoxy) is 1. The molecule has 0 radical (unpaired) electrons. The Bertz CT molecular complexity index is 247. The lowest BCUT2D eigenvalue weighted by Gasteiger charge is -2.37. The third-order valence-corrected chi connectivity index (χ3v) is 4.77. The van der Waals surface area contributed by atoms with Crippen LogP contribution >= 0.6 is 0 Å². The van der Waals surface area contributed by atoms with Gasteiger partial charge in [-0.05, 0) is 44.1 Å². The maximum absolute atomic E-state index is 5.47. The summed E-state index contributed by atoms with van der Waals surface area (Å²) in [4.78, 5) is 2.61. The second-order valence-corrected chi connectivity index (χ2v) is 6.25. The van der Waals surface area contributed by atoms with Crippen molar-refractivity contribution in [3.8, 4) is 0 Å². The van der Waals surface area contributed by atoms with Crippen molar-refractivity contribution < 1.29 is 4.74 Å². The van der Waals surface area contributed by atoms with E-state index in [0.717, 1.165) is 31.0 Å². The Labute approximate surface area is 112 Å². The van der Waals surface area contributed by atoms with Gasteiger partial charge in [-0.2, -0.15) is 0 Å². The van der Waals surface area contributed by atoms with Crippen LogP contribution in [-0.2, 0) is 4.74 Å². The Morgan fingerprint density at radius 3 is 2.78 bits per heavy atom. The Kier molecular flexibility index (Phi) is 5.46. The average molecular weight is 254 g/mol. The highest BCUT2D eigenvalue weighted by Crippen LogP contribution is 2.30. The molecule has 3 nitrogen and oxygen atoms in total. The van der Waals surface area contributed by atoms with Crippen molar-refractivity contribution in [1.29, 1.82) is 0 Å². The molecule has 0 aromatic rings. The fraction of sp³-hybridized carbons (Fsp3) is 1.00. The fourth-order valence-corrected chi connectivity index (χ4v) is 3.72.